The van der Waals surface area contributed by atoms with E-state index in [2.05, 4.69) is 26.2 Å². The van der Waals surface area contributed by atoms with E-state index in [0.29, 0.717) is 28.5 Å². The van der Waals surface area contributed by atoms with Crippen LogP contribution in [0.4, 0.5) is 13.2 Å². The van der Waals surface area contributed by atoms with E-state index in [-0.39, 0.29) is 29.5 Å². The van der Waals surface area contributed by atoms with Gasteiger partial charge in [-0.25, -0.2) is 18.7 Å². The summed E-state index contributed by atoms with van der Waals surface area (Å²) in [4.78, 5) is 11.6. The minimum absolute atomic E-state index is 0.0753. The van der Waals surface area contributed by atoms with Gasteiger partial charge in [0.25, 0.3) is 0 Å². The Labute approximate surface area is 201 Å². The molecule has 1 saturated carbocycles. The molecule has 1 N–H and O–H groups in total. The van der Waals surface area contributed by atoms with Gasteiger partial charge in [-0.1, -0.05) is 24.3 Å². The Bertz CT molecular complexity index is 983. The van der Waals surface area contributed by atoms with E-state index in [1.807, 2.05) is 12.1 Å². The van der Waals surface area contributed by atoms with Gasteiger partial charge in [0.1, 0.15) is 18.3 Å². The van der Waals surface area contributed by atoms with E-state index >= 15 is 0 Å². The molecule has 1 atom stereocenters. The molecule has 0 radical (unpaired) electrons. The second-order valence-corrected chi connectivity index (χ2v) is 9.16. The van der Waals surface area contributed by atoms with Gasteiger partial charge in [0.15, 0.2) is 0 Å². The van der Waals surface area contributed by atoms with E-state index in [9.17, 15) is 18.4 Å². The Hall–Kier alpha value is -2.28. The lowest BCUT2D eigenvalue weighted by Crippen LogP contribution is -2.40. The van der Waals surface area contributed by atoms with Crippen LogP contribution in [0.25, 0.3) is 0 Å². The van der Waals surface area contributed by atoms with Crippen LogP contribution < -0.4 is 4.72 Å². The fourth-order valence-electron chi connectivity index (χ4n) is 3.44. The first-order valence-corrected chi connectivity index (χ1v) is 11.8. The lowest BCUT2D eigenvalue weighted by molar-refractivity contribution is 0.160. The van der Waals surface area contributed by atoms with E-state index in [0.717, 1.165) is 31.2 Å². The van der Waals surface area contributed by atoms with Crippen molar-refractivity contribution in [3.63, 3.8) is 0 Å². The van der Waals surface area contributed by atoms with Crippen molar-refractivity contribution in [1.82, 2.24) is 19.6 Å². The quantitative estimate of drug-likeness (QED) is 0.307. The van der Waals surface area contributed by atoms with Crippen LogP contribution in [0.1, 0.15) is 37.9 Å². The zero-order chi connectivity index (χ0) is 23.8. The Balaban J connectivity index is 1.78. The summed E-state index contributed by atoms with van der Waals surface area (Å²) in [5, 5.41) is 9.49. The Morgan fingerprint density at radius 3 is 2.67 bits per heavy atom. The summed E-state index contributed by atoms with van der Waals surface area (Å²) in [6, 6.07) is 1.64. The molecule has 0 bridgehead atoms. The molecule has 1 aromatic rings. The summed E-state index contributed by atoms with van der Waals surface area (Å²) in [7, 11) is 0. The molecule has 5 nitrogen and oxygen atoms in total. The van der Waals surface area contributed by atoms with Crippen LogP contribution in [0.15, 0.2) is 63.7 Å². The van der Waals surface area contributed by atoms with Gasteiger partial charge in [-0.05, 0) is 43.7 Å². The normalized spacial score (nSPS) is 17.4. The predicted octanol–water partition coefficient (Wildman–Crippen LogP) is 5.84. The molecule has 1 heterocycles. The first-order chi connectivity index (χ1) is 16.0. The molecule has 33 heavy (non-hydrogen) atoms. The van der Waals surface area contributed by atoms with E-state index in [1.54, 1.807) is 12.4 Å². The number of hydrogen-bond donors (Lipinski definition) is 1. The monoisotopic (exact) mass is 495 g/mol. The van der Waals surface area contributed by atoms with Crippen molar-refractivity contribution in [2.45, 2.75) is 55.6 Å². The Morgan fingerprint density at radius 2 is 2.09 bits per heavy atom. The summed E-state index contributed by atoms with van der Waals surface area (Å²) in [6.45, 7) is 2.89. The van der Waals surface area contributed by atoms with Gasteiger partial charge >= 0.3 is 0 Å². The molecule has 0 spiro atoms. The van der Waals surface area contributed by atoms with Gasteiger partial charge < -0.3 is 4.90 Å². The fraction of sp³-hybridized carbons (Fsp3) is 0.435. The first kappa shape index (κ1) is 25.3. The Kier molecular flexibility index (Phi) is 9.41. The largest absolute Gasteiger partial charge is 0.361 e. The maximum absolute atomic E-state index is 14.4. The van der Waals surface area contributed by atoms with Gasteiger partial charge in [0.2, 0.25) is 0 Å². The van der Waals surface area contributed by atoms with Crippen LogP contribution in [-0.4, -0.2) is 40.3 Å². The third-order valence-electron chi connectivity index (χ3n) is 5.55. The summed E-state index contributed by atoms with van der Waals surface area (Å²) < 4.78 is 42.6. The minimum Gasteiger partial charge on any atom is -0.361 e. The summed E-state index contributed by atoms with van der Waals surface area (Å²) in [6.07, 6.45) is 9.63. The minimum atomic E-state index is -0.662. The molecule has 2 aliphatic rings. The first-order valence-electron chi connectivity index (χ1n) is 10.6. The number of alkyl halides is 2. The van der Waals surface area contributed by atoms with Crippen molar-refractivity contribution in [3.8, 4) is 6.07 Å². The fourth-order valence-corrected chi connectivity index (χ4v) is 4.26. The molecule has 1 fully saturated rings. The molecule has 1 aromatic heterocycles. The molecule has 3 rings (SSSR count). The molecule has 0 amide bonds. The molecule has 0 aliphatic heterocycles. The van der Waals surface area contributed by atoms with Crippen molar-refractivity contribution < 1.29 is 13.2 Å². The van der Waals surface area contributed by atoms with Crippen LogP contribution in [0.2, 0.25) is 0 Å². The van der Waals surface area contributed by atoms with Crippen LogP contribution in [0, 0.1) is 11.3 Å². The lowest BCUT2D eigenvalue weighted by Gasteiger charge is -2.40. The van der Waals surface area contributed by atoms with Gasteiger partial charge in [0, 0.05) is 42.2 Å². The lowest BCUT2D eigenvalue weighted by atomic mass is 9.89. The smallest absolute Gasteiger partial charge is 0.147 e. The number of nitrogens with zero attached hydrogens (tertiary/aromatic N) is 4. The van der Waals surface area contributed by atoms with Crippen molar-refractivity contribution in [2.24, 2.45) is 0 Å². The van der Waals surface area contributed by atoms with Crippen LogP contribution in [0.5, 0.6) is 0 Å². The van der Waals surface area contributed by atoms with Gasteiger partial charge in [-0.3, -0.25) is 9.11 Å². The van der Waals surface area contributed by atoms with Gasteiger partial charge in [-0.15, -0.1) is 0 Å². The van der Waals surface area contributed by atoms with Crippen LogP contribution in [0.3, 0.4) is 0 Å². The maximum atomic E-state index is 14.4. The molecular weight excluding hydrogens is 471 g/mol. The number of nitriles is 1. The second kappa shape index (κ2) is 12.3. The third kappa shape index (κ3) is 6.62. The molecule has 0 aromatic carbocycles. The third-order valence-corrected chi connectivity index (χ3v) is 6.78. The average molecular weight is 496 g/mol. The van der Waals surface area contributed by atoms with Gasteiger partial charge in [0.05, 0.1) is 34.8 Å². The highest BCUT2D eigenvalue weighted by molar-refractivity contribution is 7.97. The average Bonchev–Trinajstić information content (AvgIpc) is 2.94. The summed E-state index contributed by atoms with van der Waals surface area (Å²) >= 11 is 7.20. The van der Waals surface area contributed by atoms with Crippen molar-refractivity contribution >= 4 is 23.5 Å². The molecular formula is C23H25ClF3N5S. The number of aromatic nitrogens is 2. The number of hydrogen-bond acceptors (Lipinski definition) is 6. The number of halogens is 4. The van der Waals surface area contributed by atoms with Crippen molar-refractivity contribution in [2.75, 3.05) is 13.3 Å². The topological polar surface area (TPSA) is 64.8 Å². The number of allylic oxidation sites excluding steroid dienone is 5. The van der Waals surface area contributed by atoms with E-state index in [4.69, 9.17) is 11.6 Å². The molecule has 1 unspecified atom stereocenters. The zero-order valence-electron chi connectivity index (χ0n) is 18.0. The highest BCUT2D eigenvalue weighted by atomic mass is 35.5. The molecule has 2 aliphatic carbocycles. The zero-order valence-corrected chi connectivity index (χ0v) is 19.6. The molecule has 10 heteroatoms. The predicted molar refractivity (Wildman–Crippen MR) is 124 cm³/mol. The Morgan fingerprint density at radius 1 is 1.36 bits per heavy atom. The molecule has 0 saturated heterocycles. The highest BCUT2D eigenvalue weighted by Crippen LogP contribution is 2.37. The SMILES string of the molecule is C=C(C#N)C1=CC(F)=C(Cl)CC=C1N(Cc1ncc(SNC(CF)CCF)cn1)C1CCC1. The van der Waals surface area contributed by atoms with Crippen LogP contribution >= 0.6 is 23.5 Å². The van der Waals surface area contributed by atoms with Gasteiger partial charge in [-0.2, -0.15) is 5.26 Å². The molecule has 176 valence electrons. The van der Waals surface area contributed by atoms with Crippen LogP contribution in [-0.2, 0) is 6.54 Å². The summed E-state index contributed by atoms with van der Waals surface area (Å²) in [5.41, 5.74) is 1.25. The number of rotatable bonds is 11. The van der Waals surface area contributed by atoms with Crippen molar-refractivity contribution in [1.29, 1.82) is 5.26 Å². The second-order valence-electron chi connectivity index (χ2n) is 7.79. The highest BCUT2D eigenvalue weighted by Gasteiger charge is 2.30. The van der Waals surface area contributed by atoms with Crippen molar-refractivity contribution in [3.05, 3.63) is 64.7 Å². The maximum Gasteiger partial charge on any atom is 0.147 e. The van der Waals surface area contributed by atoms with E-state index < -0.39 is 25.2 Å². The number of nitrogens with one attached hydrogen (secondary N) is 1. The standard InChI is InChI=1S/C23H25ClF3N5S/c1-15(11-28)19-9-21(27)20(24)5-6-22(19)32(17-3-2-4-17)14-23-29-12-18(13-30-23)33-31-16(10-26)7-8-25/h6,9,12-13,16-17,31H,1-5,7-8,10,14H2. The summed E-state index contributed by atoms with van der Waals surface area (Å²) in [5.74, 6) is -0.0315. The van der Waals surface area contributed by atoms with E-state index in [1.165, 1.54) is 6.08 Å².